The first kappa shape index (κ1) is 22.8. The molecular weight excluding hydrogens is 504 g/mol. The topological polar surface area (TPSA) is 68.4 Å². The molecule has 0 aliphatic carbocycles. The van der Waals surface area contributed by atoms with E-state index in [9.17, 15) is 9.59 Å². The highest BCUT2D eigenvalue weighted by Gasteiger charge is 2.13. The number of pyridine rings is 1. The van der Waals surface area contributed by atoms with Crippen LogP contribution in [0.2, 0.25) is 0 Å². The molecule has 0 spiro atoms. The van der Waals surface area contributed by atoms with Gasteiger partial charge in [0.2, 0.25) is 0 Å². The molecule has 0 aliphatic heterocycles. The molecule has 1 amide bonds. The Hall–Kier alpha value is -3.97. The van der Waals surface area contributed by atoms with Gasteiger partial charge in [0.1, 0.15) is 6.54 Å². The largest absolute Gasteiger partial charge is 0.331 e. The SMILES string of the molecule is Cc1cc(C=NNC(=O)Cn2c3ccccc3c(=O)c3ccccc32)c(C)n1-c1ccc(Br)cc1. The van der Waals surface area contributed by atoms with Gasteiger partial charge in [0.15, 0.2) is 5.43 Å². The van der Waals surface area contributed by atoms with Crippen LogP contribution in [0.25, 0.3) is 27.5 Å². The number of rotatable bonds is 5. The van der Waals surface area contributed by atoms with E-state index in [-0.39, 0.29) is 17.9 Å². The lowest BCUT2D eigenvalue weighted by Crippen LogP contribution is -2.25. The van der Waals surface area contributed by atoms with Crippen molar-refractivity contribution in [1.82, 2.24) is 14.6 Å². The molecule has 3 aromatic carbocycles. The second kappa shape index (κ2) is 9.35. The Kier molecular flexibility index (Phi) is 6.09. The Morgan fingerprint density at radius 3 is 2.17 bits per heavy atom. The van der Waals surface area contributed by atoms with E-state index in [2.05, 4.69) is 31.0 Å². The first-order valence-corrected chi connectivity index (χ1v) is 12.0. The fourth-order valence-corrected chi connectivity index (χ4v) is 4.77. The van der Waals surface area contributed by atoms with Crippen LogP contribution < -0.4 is 10.9 Å². The molecule has 2 aromatic heterocycles. The van der Waals surface area contributed by atoms with Gasteiger partial charge in [-0.1, -0.05) is 40.2 Å². The van der Waals surface area contributed by atoms with Crippen LogP contribution in [0.15, 0.2) is 93.2 Å². The maximum atomic E-state index is 12.9. The molecule has 6 nitrogen and oxygen atoms in total. The van der Waals surface area contributed by atoms with Crippen LogP contribution in [0.5, 0.6) is 0 Å². The number of aryl methyl sites for hydroxylation is 1. The maximum absolute atomic E-state index is 12.9. The number of nitrogens with zero attached hydrogens (tertiary/aromatic N) is 3. The number of halogens is 1. The van der Waals surface area contributed by atoms with Crippen molar-refractivity contribution in [1.29, 1.82) is 0 Å². The van der Waals surface area contributed by atoms with Crippen molar-refractivity contribution < 1.29 is 4.79 Å². The molecule has 5 aromatic rings. The van der Waals surface area contributed by atoms with E-state index in [0.29, 0.717) is 21.8 Å². The Morgan fingerprint density at radius 1 is 0.943 bits per heavy atom. The minimum atomic E-state index is -0.276. The van der Waals surface area contributed by atoms with Gasteiger partial charge in [-0.2, -0.15) is 5.10 Å². The highest BCUT2D eigenvalue weighted by molar-refractivity contribution is 9.10. The summed E-state index contributed by atoms with van der Waals surface area (Å²) in [7, 11) is 0. The molecule has 0 saturated heterocycles. The Bertz CT molecular complexity index is 1600. The Labute approximate surface area is 210 Å². The summed E-state index contributed by atoms with van der Waals surface area (Å²) >= 11 is 3.47. The van der Waals surface area contributed by atoms with E-state index in [4.69, 9.17) is 0 Å². The van der Waals surface area contributed by atoms with Crippen molar-refractivity contribution >= 4 is 49.9 Å². The lowest BCUT2D eigenvalue weighted by Gasteiger charge is -2.14. The second-order valence-electron chi connectivity index (χ2n) is 8.38. The first-order chi connectivity index (χ1) is 16.9. The van der Waals surface area contributed by atoms with E-state index in [1.807, 2.05) is 85.1 Å². The predicted molar refractivity (Wildman–Crippen MR) is 144 cm³/mol. The number of carbonyl (C=O) groups excluding carboxylic acids is 1. The Morgan fingerprint density at radius 2 is 1.54 bits per heavy atom. The normalized spacial score (nSPS) is 11.5. The van der Waals surface area contributed by atoms with Gasteiger partial charge in [-0.25, -0.2) is 5.43 Å². The number of fused-ring (bicyclic) bond motifs is 2. The molecule has 0 saturated carbocycles. The third kappa shape index (κ3) is 4.31. The van der Waals surface area contributed by atoms with E-state index < -0.39 is 0 Å². The molecule has 0 bridgehead atoms. The highest BCUT2D eigenvalue weighted by Crippen LogP contribution is 2.22. The summed E-state index contributed by atoms with van der Waals surface area (Å²) in [5.41, 5.74) is 8.12. The summed E-state index contributed by atoms with van der Waals surface area (Å²) in [5.74, 6) is -0.276. The smallest absolute Gasteiger partial charge is 0.260 e. The minimum absolute atomic E-state index is 0.0352. The lowest BCUT2D eigenvalue weighted by atomic mass is 10.1. The number of hydrazone groups is 1. The third-order valence-corrected chi connectivity index (χ3v) is 6.66. The van der Waals surface area contributed by atoms with Gasteiger partial charge in [0, 0.05) is 37.9 Å². The summed E-state index contributed by atoms with van der Waals surface area (Å²) in [5, 5.41) is 5.39. The molecule has 0 radical (unpaired) electrons. The molecule has 174 valence electrons. The molecule has 0 aliphatic rings. The summed E-state index contributed by atoms with van der Waals surface area (Å²) in [6.45, 7) is 4.10. The molecule has 0 atom stereocenters. The number of para-hydroxylation sites is 2. The number of aromatic nitrogens is 2. The van der Waals surface area contributed by atoms with E-state index in [1.165, 1.54) is 0 Å². The number of nitrogens with one attached hydrogen (secondary N) is 1. The van der Waals surface area contributed by atoms with E-state index >= 15 is 0 Å². The van der Waals surface area contributed by atoms with E-state index in [1.54, 1.807) is 18.3 Å². The number of carbonyl (C=O) groups is 1. The third-order valence-electron chi connectivity index (χ3n) is 6.13. The van der Waals surface area contributed by atoms with Crippen LogP contribution in [0.1, 0.15) is 17.0 Å². The lowest BCUT2D eigenvalue weighted by molar-refractivity contribution is -0.121. The molecule has 35 heavy (non-hydrogen) atoms. The van der Waals surface area contributed by atoms with Crippen molar-refractivity contribution in [2.75, 3.05) is 0 Å². The van der Waals surface area contributed by atoms with Crippen molar-refractivity contribution in [3.63, 3.8) is 0 Å². The number of hydrogen-bond acceptors (Lipinski definition) is 3. The minimum Gasteiger partial charge on any atom is -0.331 e. The number of hydrogen-bond donors (Lipinski definition) is 1. The molecule has 0 unspecified atom stereocenters. The van der Waals surface area contributed by atoms with Crippen molar-refractivity contribution in [3.05, 3.63) is 111 Å². The van der Waals surface area contributed by atoms with Gasteiger partial charge in [0.25, 0.3) is 5.91 Å². The van der Waals surface area contributed by atoms with Crippen molar-refractivity contribution in [2.24, 2.45) is 5.10 Å². The van der Waals surface area contributed by atoms with Crippen LogP contribution in [-0.4, -0.2) is 21.3 Å². The monoisotopic (exact) mass is 526 g/mol. The predicted octanol–water partition coefficient (Wildman–Crippen LogP) is 5.48. The van der Waals surface area contributed by atoms with Gasteiger partial charge in [-0.05, 0) is 68.4 Å². The fraction of sp³-hybridized carbons (Fsp3) is 0.107. The second-order valence-corrected chi connectivity index (χ2v) is 9.30. The fourth-order valence-electron chi connectivity index (χ4n) is 4.51. The van der Waals surface area contributed by atoms with E-state index in [0.717, 1.165) is 27.1 Å². The van der Waals surface area contributed by atoms with Crippen LogP contribution >= 0.6 is 15.9 Å². The first-order valence-electron chi connectivity index (χ1n) is 11.2. The quantitative estimate of drug-likeness (QED) is 0.187. The molecule has 1 N–H and O–H groups in total. The molecule has 7 heteroatoms. The summed E-state index contributed by atoms with van der Waals surface area (Å²) in [6, 6.07) is 24.8. The summed E-state index contributed by atoms with van der Waals surface area (Å²) in [6.07, 6.45) is 1.66. The van der Waals surface area contributed by atoms with Crippen LogP contribution in [0, 0.1) is 13.8 Å². The zero-order valence-electron chi connectivity index (χ0n) is 19.3. The number of benzene rings is 3. The van der Waals surface area contributed by atoms with Crippen LogP contribution in [0.4, 0.5) is 0 Å². The Balaban J connectivity index is 1.40. The zero-order chi connectivity index (χ0) is 24.5. The van der Waals surface area contributed by atoms with Gasteiger partial charge in [-0.15, -0.1) is 0 Å². The molecule has 0 fully saturated rings. The average molecular weight is 527 g/mol. The summed E-state index contributed by atoms with van der Waals surface area (Å²) < 4.78 is 5.03. The summed E-state index contributed by atoms with van der Waals surface area (Å²) in [4.78, 5) is 25.7. The molecule has 5 rings (SSSR count). The maximum Gasteiger partial charge on any atom is 0.260 e. The zero-order valence-corrected chi connectivity index (χ0v) is 20.9. The van der Waals surface area contributed by atoms with Crippen molar-refractivity contribution in [3.8, 4) is 5.69 Å². The van der Waals surface area contributed by atoms with Gasteiger partial charge in [0.05, 0.1) is 17.2 Å². The van der Waals surface area contributed by atoms with Gasteiger partial charge < -0.3 is 9.13 Å². The standard InChI is InChI=1S/C28H23BrN4O2/c1-18-15-20(19(2)33(18)22-13-11-21(29)12-14-22)16-30-31-27(34)17-32-25-9-5-3-7-23(25)28(35)24-8-4-6-10-26(24)32/h3-16H,17H2,1-2H3,(H,31,34). The van der Waals surface area contributed by atoms with Gasteiger partial charge in [-0.3, -0.25) is 9.59 Å². The number of amides is 1. The van der Waals surface area contributed by atoms with Crippen LogP contribution in [0.3, 0.4) is 0 Å². The molecular formula is C28H23BrN4O2. The van der Waals surface area contributed by atoms with Crippen molar-refractivity contribution in [2.45, 2.75) is 20.4 Å². The highest BCUT2D eigenvalue weighted by atomic mass is 79.9. The van der Waals surface area contributed by atoms with Gasteiger partial charge >= 0.3 is 0 Å². The average Bonchev–Trinajstić information content (AvgIpc) is 3.15. The molecule has 2 heterocycles. The van der Waals surface area contributed by atoms with Crippen LogP contribution in [-0.2, 0) is 11.3 Å².